The van der Waals surface area contributed by atoms with Gasteiger partial charge >= 0.3 is 0 Å². The number of allylic oxidation sites excluding steroid dienone is 2. The predicted molar refractivity (Wildman–Crippen MR) is 58.5 cm³/mol. The fourth-order valence-corrected chi connectivity index (χ4v) is 1.74. The summed E-state index contributed by atoms with van der Waals surface area (Å²) in [5.74, 6) is -1.14. The van der Waals surface area contributed by atoms with Crippen LogP contribution >= 0.6 is 46.4 Å². The molecule has 0 fully saturated rings. The molecule has 0 rings (SSSR count). The van der Waals surface area contributed by atoms with Gasteiger partial charge in [-0.1, -0.05) is 58.6 Å². The highest BCUT2D eigenvalue weighted by atomic mass is 35.5. The summed E-state index contributed by atoms with van der Waals surface area (Å²) in [5.41, 5.74) is 0. The van der Waals surface area contributed by atoms with Crippen LogP contribution in [0.15, 0.2) is 25.3 Å². The Morgan fingerprint density at radius 2 is 1.38 bits per heavy atom. The average molecular weight is 261 g/mol. The van der Waals surface area contributed by atoms with E-state index in [1.165, 1.54) is 0 Å². The third-order valence-corrected chi connectivity index (χ3v) is 2.92. The Labute approximate surface area is 97.3 Å². The Balaban J connectivity index is 5.01. The first-order valence-electron chi connectivity index (χ1n) is 3.22. The Kier molecular flexibility index (Phi) is 4.81. The van der Waals surface area contributed by atoms with E-state index >= 15 is 0 Å². The number of rotatable bonds is 5. The SMILES string of the molecule is C=CC(Cl)(Cl)C([C]=O)C(Cl)(Cl)C=C. The average Bonchev–Trinajstić information content (AvgIpc) is 2.05. The molecule has 73 valence electrons. The molecule has 13 heavy (non-hydrogen) atoms. The first-order chi connectivity index (χ1) is 5.81. The number of hydrogen-bond acceptors (Lipinski definition) is 1. The quantitative estimate of drug-likeness (QED) is 0.547. The smallest absolute Gasteiger partial charge is 0.208 e. The van der Waals surface area contributed by atoms with E-state index in [0.29, 0.717) is 0 Å². The molecule has 0 saturated carbocycles. The molecule has 0 aliphatic rings. The van der Waals surface area contributed by atoms with E-state index in [0.717, 1.165) is 12.2 Å². The Morgan fingerprint density at radius 1 is 1.08 bits per heavy atom. The monoisotopic (exact) mass is 259 g/mol. The number of halogens is 4. The zero-order valence-corrected chi connectivity index (χ0v) is 9.59. The maximum atomic E-state index is 10.6. The molecule has 0 bridgehead atoms. The molecule has 0 aromatic carbocycles. The van der Waals surface area contributed by atoms with Crippen molar-refractivity contribution < 1.29 is 4.79 Å². The van der Waals surface area contributed by atoms with Gasteiger partial charge in [0, 0.05) is 0 Å². The molecular formula is C8H7Cl4O. The van der Waals surface area contributed by atoms with Crippen LogP contribution in [0.5, 0.6) is 0 Å². The topological polar surface area (TPSA) is 17.1 Å². The van der Waals surface area contributed by atoms with Crippen molar-refractivity contribution >= 4 is 52.7 Å². The minimum atomic E-state index is -1.56. The summed E-state index contributed by atoms with van der Waals surface area (Å²) in [6.45, 7) is 6.71. The number of hydrogen-bond donors (Lipinski definition) is 0. The van der Waals surface area contributed by atoms with Gasteiger partial charge in [0.15, 0.2) is 0 Å². The van der Waals surface area contributed by atoms with Crippen molar-refractivity contribution in [2.24, 2.45) is 5.92 Å². The summed E-state index contributed by atoms with van der Waals surface area (Å²) in [6, 6.07) is 0. The molecule has 5 heteroatoms. The van der Waals surface area contributed by atoms with E-state index < -0.39 is 14.6 Å². The van der Waals surface area contributed by atoms with Gasteiger partial charge in [0.25, 0.3) is 0 Å². The van der Waals surface area contributed by atoms with Crippen LogP contribution in [-0.2, 0) is 4.79 Å². The second-order valence-electron chi connectivity index (χ2n) is 2.31. The zero-order valence-electron chi connectivity index (χ0n) is 6.57. The van der Waals surface area contributed by atoms with Crippen LogP contribution in [0, 0.1) is 5.92 Å². The van der Waals surface area contributed by atoms with Crippen LogP contribution in [0.25, 0.3) is 0 Å². The molecule has 0 saturated heterocycles. The van der Waals surface area contributed by atoms with Gasteiger partial charge in [0.1, 0.15) is 8.67 Å². The maximum Gasteiger partial charge on any atom is 0.208 e. The van der Waals surface area contributed by atoms with E-state index in [1.54, 1.807) is 6.29 Å². The van der Waals surface area contributed by atoms with Gasteiger partial charge < -0.3 is 0 Å². The zero-order chi connectivity index (χ0) is 10.7. The highest BCUT2D eigenvalue weighted by Crippen LogP contribution is 2.43. The van der Waals surface area contributed by atoms with E-state index in [4.69, 9.17) is 46.4 Å². The van der Waals surface area contributed by atoms with E-state index in [1.807, 2.05) is 0 Å². The van der Waals surface area contributed by atoms with Crippen molar-refractivity contribution in [3.05, 3.63) is 25.3 Å². The first-order valence-corrected chi connectivity index (χ1v) is 4.73. The van der Waals surface area contributed by atoms with Crippen LogP contribution in [0.3, 0.4) is 0 Å². The molecule has 0 amide bonds. The summed E-state index contributed by atoms with van der Waals surface area (Å²) in [7, 11) is 0. The minimum Gasteiger partial charge on any atom is -0.290 e. The van der Waals surface area contributed by atoms with Gasteiger partial charge in [-0.15, -0.1) is 13.2 Å². The molecule has 0 heterocycles. The van der Waals surface area contributed by atoms with Crippen LogP contribution in [-0.4, -0.2) is 15.0 Å². The molecule has 0 aliphatic carbocycles. The summed E-state index contributed by atoms with van der Waals surface area (Å²) in [5, 5.41) is 0. The lowest BCUT2D eigenvalue weighted by atomic mass is 10.0. The van der Waals surface area contributed by atoms with Gasteiger partial charge in [0.2, 0.25) is 6.29 Å². The van der Waals surface area contributed by atoms with Crippen LogP contribution < -0.4 is 0 Å². The molecule has 0 N–H and O–H groups in total. The molecule has 0 unspecified atom stereocenters. The largest absolute Gasteiger partial charge is 0.290 e. The van der Waals surface area contributed by atoms with Crippen molar-refractivity contribution in [2.75, 3.05) is 0 Å². The summed E-state index contributed by atoms with van der Waals surface area (Å²) >= 11 is 22.9. The van der Waals surface area contributed by atoms with Gasteiger partial charge in [-0.3, -0.25) is 4.79 Å². The highest BCUT2D eigenvalue weighted by molar-refractivity contribution is 6.55. The van der Waals surface area contributed by atoms with Crippen LogP contribution in [0.4, 0.5) is 0 Å². The molecule has 0 atom stereocenters. The molecule has 0 aromatic heterocycles. The Hall–Kier alpha value is 0.310. The van der Waals surface area contributed by atoms with Crippen molar-refractivity contribution in [1.29, 1.82) is 0 Å². The second-order valence-corrected chi connectivity index (χ2v) is 5.20. The summed E-state index contributed by atoms with van der Waals surface area (Å²) < 4.78 is -3.11. The molecule has 0 aromatic rings. The van der Waals surface area contributed by atoms with Crippen LogP contribution in [0.1, 0.15) is 0 Å². The minimum absolute atomic E-state index is 1.14. The predicted octanol–water partition coefficient (Wildman–Crippen LogP) is 3.43. The van der Waals surface area contributed by atoms with Crippen molar-refractivity contribution in [3.63, 3.8) is 0 Å². The van der Waals surface area contributed by atoms with Crippen molar-refractivity contribution in [2.45, 2.75) is 8.67 Å². The van der Waals surface area contributed by atoms with Gasteiger partial charge in [0.05, 0.1) is 5.92 Å². The normalized spacial score (nSPS) is 12.7. The summed E-state index contributed by atoms with van der Waals surface area (Å²) in [6.07, 6.45) is 3.89. The fourth-order valence-electron chi connectivity index (χ4n) is 0.649. The van der Waals surface area contributed by atoms with Gasteiger partial charge in [-0.25, -0.2) is 0 Å². The number of alkyl halides is 4. The summed E-state index contributed by atoms with van der Waals surface area (Å²) in [4.78, 5) is 10.6. The van der Waals surface area contributed by atoms with E-state index in [-0.39, 0.29) is 0 Å². The standard InChI is InChI=1S/C8H7Cl4O/c1-3-7(9,10)6(5-13)8(11,12)4-2/h3-4,6H,1-2H2. The second kappa shape index (κ2) is 4.70. The van der Waals surface area contributed by atoms with Gasteiger partial charge in [-0.05, 0) is 0 Å². The van der Waals surface area contributed by atoms with Crippen molar-refractivity contribution in [1.82, 2.24) is 0 Å². The molecule has 1 radical (unpaired) electrons. The Bertz CT molecular complexity index is 202. The lowest BCUT2D eigenvalue weighted by Gasteiger charge is -2.29. The molecule has 0 spiro atoms. The molecule has 0 aliphatic heterocycles. The lowest BCUT2D eigenvalue weighted by Crippen LogP contribution is -2.37. The van der Waals surface area contributed by atoms with E-state index in [2.05, 4.69) is 13.2 Å². The molecular weight excluding hydrogens is 254 g/mol. The maximum absolute atomic E-state index is 10.6. The number of carbonyl (C=O) groups excluding carboxylic acids is 1. The first kappa shape index (κ1) is 13.3. The van der Waals surface area contributed by atoms with Crippen molar-refractivity contribution in [3.8, 4) is 0 Å². The molecule has 1 nitrogen and oxygen atoms in total. The van der Waals surface area contributed by atoms with Crippen LogP contribution in [0.2, 0.25) is 0 Å². The highest BCUT2D eigenvalue weighted by Gasteiger charge is 2.45. The van der Waals surface area contributed by atoms with E-state index in [9.17, 15) is 4.79 Å². The Morgan fingerprint density at radius 3 is 1.54 bits per heavy atom. The lowest BCUT2D eigenvalue weighted by molar-refractivity contribution is 0.509. The fraction of sp³-hybridized carbons (Fsp3) is 0.375. The third-order valence-electron chi connectivity index (χ3n) is 1.43. The third kappa shape index (κ3) is 3.17. The van der Waals surface area contributed by atoms with Gasteiger partial charge in [-0.2, -0.15) is 0 Å².